The highest BCUT2D eigenvalue weighted by molar-refractivity contribution is 5.83. The minimum absolute atomic E-state index is 0.112. The van der Waals surface area contributed by atoms with E-state index in [-0.39, 0.29) is 6.03 Å². The van der Waals surface area contributed by atoms with Crippen molar-refractivity contribution in [2.24, 2.45) is 5.92 Å². The number of hydrogen-bond donors (Lipinski definition) is 1. The van der Waals surface area contributed by atoms with Crippen molar-refractivity contribution in [3.63, 3.8) is 0 Å². The van der Waals surface area contributed by atoms with Gasteiger partial charge in [-0.15, -0.1) is 0 Å². The SMILES string of the molecule is CC1CCN(C(=O)N(C)C2CCC2)C(C(=O)O)C1. The van der Waals surface area contributed by atoms with Gasteiger partial charge >= 0.3 is 12.0 Å². The smallest absolute Gasteiger partial charge is 0.326 e. The quantitative estimate of drug-likeness (QED) is 0.817. The summed E-state index contributed by atoms with van der Waals surface area (Å²) in [6, 6.07) is -0.450. The molecule has 0 spiro atoms. The molecule has 1 aliphatic carbocycles. The first-order chi connectivity index (χ1) is 8.50. The maximum absolute atomic E-state index is 12.3. The van der Waals surface area contributed by atoms with Crippen LogP contribution < -0.4 is 0 Å². The number of carboxylic acids is 1. The van der Waals surface area contributed by atoms with Crippen LogP contribution in [0.15, 0.2) is 0 Å². The molecule has 18 heavy (non-hydrogen) atoms. The summed E-state index contributed by atoms with van der Waals surface area (Å²) in [5, 5.41) is 9.25. The molecule has 2 unspecified atom stereocenters. The van der Waals surface area contributed by atoms with E-state index in [0.717, 1.165) is 19.3 Å². The highest BCUT2D eigenvalue weighted by Gasteiger charge is 2.38. The Bertz CT molecular complexity index is 341. The Morgan fingerprint density at radius 2 is 1.94 bits per heavy atom. The summed E-state index contributed by atoms with van der Waals surface area (Å²) >= 11 is 0. The average Bonchev–Trinajstić information content (AvgIpc) is 2.25. The first-order valence-corrected chi connectivity index (χ1v) is 6.77. The molecule has 2 amide bonds. The Kier molecular flexibility index (Phi) is 3.78. The van der Waals surface area contributed by atoms with Crippen molar-refractivity contribution in [3.05, 3.63) is 0 Å². The molecule has 0 radical (unpaired) electrons. The van der Waals surface area contributed by atoms with Crippen molar-refractivity contribution < 1.29 is 14.7 Å². The standard InChI is InChI=1S/C13H22N2O3/c1-9-6-7-15(11(8-9)12(16)17)13(18)14(2)10-4-3-5-10/h9-11H,3-8H2,1-2H3,(H,16,17). The predicted octanol–water partition coefficient (Wildman–Crippen LogP) is 1.78. The van der Waals surface area contributed by atoms with Crippen molar-refractivity contribution in [1.29, 1.82) is 0 Å². The third kappa shape index (κ3) is 2.44. The van der Waals surface area contributed by atoms with E-state index in [2.05, 4.69) is 0 Å². The Morgan fingerprint density at radius 1 is 1.28 bits per heavy atom. The maximum atomic E-state index is 12.3. The van der Waals surface area contributed by atoms with E-state index in [1.807, 2.05) is 6.92 Å². The van der Waals surface area contributed by atoms with Gasteiger partial charge in [-0.2, -0.15) is 0 Å². The van der Waals surface area contributed by atoms with Crippen LogP contribution in [-0.2, 0) is 4.79 Å². The molecular formula is C13H22N2O3. The molecule has 1 saturated heterocycles. The zero-order chi connectivity index (χ0) is 13.3. The van der Waals surface area contributed by atoms with Gasteiger partial charge in [0.05, 0.1) is 0 Å². The molecule has 2 atom stereocenters. The van der Waals surface area contributed by atoms with E-state index in [9.17, 15) is 14.7 Å². The fourth-order valence-corrected chi connectivity index (χ4v) is 2.74. The molecule has 1 heterocycles. The van der Waals surface area contributed by atoms with E-state index in [1.54, 1.807) is 16.8 Å². The molecule has 0 aromatic heterocycles. The van der Waals surface area contributed by atoms with E-state index < -0.39 is 12.0 Å². The van der Waals surface area contributed by atoms with Crippen LogP contribution >= 0.6 is 0 Å². The van der Waals surface area contributed by atoms with Gasteiger partial charge in [0.1, 0.15) is 6.04 Å². The van der Waals surface area contributed by atoms with Gasteiger partial charge in [0.15, 0.2) is 0 Å². The summed E-state index contributed by atoms with van der Waals surface area (Å²) in [6.45, 7) is 2.61. The number of likely N-dealkylation sites (tertiary alicyclic amines) is 1. The Labute approximate surface area is 108 Å². The van der Waals surface area contributed by atoms with Gasteiger partial charge in [-0.1, -0.05) is 6.92 Å². The molecule has 1 saturated carbocycles. The summed E-state index contributed by atoms with van der Waals surface area (Å²) in [7, 11) is 1.79. The fraction of sp³-hybridized carbons (Fsp3) is 0.846. The van der Waals surface area contributed by atoms with Crippen molar-refractivity contribution in [2.45, 2.75) is 51.1 Å². The molecular weight excluding hydrogens is 232 g/mol. The lowest BCUT2D eigenvalue weighted by Crippen LogP contribution is -2.56. The number of piperidine rings is 1. The lowest BCUT2D eigenvalue weighted by atomic mass is 9.91. The van der Waals surface area contributed by atoms with E-state index in [4.69, 9.17) is 0 Å². The Morgan fingerprint density at radius 3 is 2.44 bits per heavy atom. The van der Waals surface area contributed by atoms with E-state index in [1.165, 1.54) is 6.42 Å². The molecule has 102 valence electrons. The second-order valence-electron chi connectivity index (χ2n) is 5.66. The van der Waals surface area contributed by atoms with Gasteiger partial charge < -0.3 is 14.9 Å². The van der Waals surface area contributed by atoms with Crippen molar-refractivity contribution in [2.75, 3.05) is 13.6 Å². The van der Waals surface area contributed by atoms with E-state index in [0.29, 0.717) is 24.9 Å². The first-order valence-electron chi connectivity index (χ1n) is 6.77. The summed E-state index contributed by atoms with van der Waals surface area (Å²) < 4.78 is 0. The Balaban J connectivity index is 2.04. The van der Waals surface area contributed by atoms with Gasteiger partial charge in [-0.25, -0.2) is 9.59 Å². The molecule has 0 aromatic rings. The van der Waals surface area contributed by atoms with Crippen LogP contribution in [0.1, 0.15) is 39.0 Å². The van der Waals surface area contributed by atoms with Crippen LogP contribution in [0, 0.1) is 5.92 Å². The molecule has 0 bridgehead atoms. The van der Waals surface area contributed by atoms with Crippen molar-refractivity contribution in [1.82, 2.24) is 9.80 Å². The third-order valence-electron chi connectivity index (χ3n) is 4.32. The van der Waals surface area contributed by atoms with Gasteiger partial charge in [-0.05, 0) is 38.0 Å². The summed E-state index contributed by atoms with van der Waals surface area (Å²) in [6.07, 6.45) is 4.73. The van der Waals surface area contributed by atoms with Crippen LogP contribution in [0.4, 0.5) is 4.79 Å². The topological polar surface area (TPSA) is 60.9 Å². The fourth-order valence-electron chi connectivity index (χ4n) is 2.74. The molecule has 1 aliphatic heterocycles. The molecule has 1 N–H and O–H groups in total. The van der Waals surface area contributed by atoms with Gasteiger partial charge in [0.25, 0.3) is 0 Å². The number of aliphatic carboxylic acids is 1. The maximum Gasteiger partial charge on any atom is 0.326 e. The van der Waals surface area contributed by atoms with Crippen LogP contribution in [0.2, 0.25) is 0 Å². The van der Waals surface area contributed by atoms with Crippen LogP contribution in [0.3, 0.4) is 0 Å². The van der Waals surface area contributed by atoms with Gasteiger partial charge in [0.2, 0.25) is 0 Å². The van der Waals surface area contributed by atoms with Gasteiger partial charge in [-0.3, -0.25) is 0 Å². The molecule has 5 nitrogen and oxygen atoms in total. The average molecular weight is 254 g/mol. The monoisotopic (exact) mass is 254 g/mol. The second kappa shape index (κ2) is 5.16. The molecule has 2 fully saturated rings. The number of urea groups is 1. The summed E-state index contributed by atoms with van der Waals surface area (Å²) in [5.41, 5.74) is 0. The minimum atomic E-state index is -0.878. The molecule has 0 aromatic carbocycles. The van der Waals surface area contributed by atoms with Crippen molar-refractivity contribution >= 4 is 12.0 Å². The number of amides is 2. The largest absolute Gasteiger partial charge is 0.480 e. The number of hydrogen-bond acceptors (Lipinski definition) is 2. The highest BCUT2D eigenvalue weighted by atomic mass is 16.4. The summed E-state index contributed by atoms with van der Waals surface area (Å²) in [5.74, 6) is -0.499. The number of carbonyl (C=O) groups excluding carboxylic acids is 1. The van der Waals surface area contributed by atoms with E-state index >= 15 is 0 Å². The zero-order valence-electron chi connectivity index (χ0n) is 11.1. The normalized spacial score (nSPS) is 28.7. The molecule has 2 aliphatic rings. The highest BCUT2D eigenvalue weighted by Crippen LogP contribution is 2.28. The predicted molar refractivity (Wildman–Crippen MR) is 67.3 cm³/mol. The minimum Gasteiger partial charge on any atom is -0.480 e. The number of carboxylic acid groups (broad SMARTS) is 1. The molecule has 5 heteroatoms. The number of nitrogens with zero attached hydrogens (tertiary/aromatic N) is 2. The number of carbonyl (C=O) groups is 2. The second-order valence-corrected chi connectivity index (χ2v) is 5.66. The number of rotatable bonds is 2. The molecule has 2 rings (SSSR count). The third-order valence-corrected chi connectivity index (χ3v) is 4.32. The first kappa shape index (κ1) is 13.2. The van der Waals surface area contributed by atoms with Crippen LogP contribution in [0.5, 0.6) is 0 Å². The van der Waals surface area contributed by atoms with Crippen LogP contribution in [0.25, 0.3) is 0 Å². The van der Waals surface area contributed by atoms with Gasteiger partial charge in [0, 0.05) is 19.6 Å². The van der Waals surface area contributed by atoms with Crippen molar-refractivity contribution in [3.8, 4) is 0 Å². The lowest BCUT2D eigenvalue weighted by Gasteiger charge is -2.42. The Hall–Kier alpha value is -1.26. The summed E-state index contributed by atoms with van der Waals surface area (Å²) in [4.78, 5) is 26.9. The van der Waals surface area contributed by atoms with Crippen LogP contribution in [-0.4, -0.2) is 52.6 Å². The lowest BCUT2D eigenvalue weighted by molar-refractivity contribution is -0.144. The zero-order valence-corrected chi connectivity index (χ0v) is 11.1.